The Bertz CT molecular complexity index is 724. The van der Waals surface area contributed by atoms with Crippen molar-refractivity contribution in [3.8, 4) is 23.1 Å². The van der Waals surface area contributed by atoms with Crippen molar-refractivity contribution in [1.82, 2.24) is 15.0 Å². The molecule has 0 aliphatic heterocycles. The first-order valence-corrected chi connectivity index (χ1v) is 7.86. The van der Waals surface area contributed by atoms with Gasteiger partial charge >= 0.3 is 0 Å². The smallest absolute Gasteiger partial charge is 0.218 e. The van der Waals surface area contributed by atoms with E-state index in [-0.39, 0.29) is 0 Å². The van der Waals surface area contributed by atoms with Gasteiger partial charge in [-0.1, -0.05) is 5.92 Å². The molecule has 0 bridgehead atoms. The van der Waals surface area contributed by atoms with Gasteiger partial charge in [0.25, 0.3) is 0 Å². The highest BCUT2D eigenvalue weighted by molar-refractivity contribution is 7.84. The van der Waals surface area contributed by atoms with Crippen molar-refractivity contribution >= 4 is 10.8 Å². The van der Waals surface area contributed by atoms with Crippen molar-refractivity contribution in [3.05, 3.63) is 36.3 Å². The predicted molar refractivity (Wildman–Crippen MR) is 82.7 cm³/mol. The van der Waals surface area contributed by atoms with Gasteiger partial charge in [0, 0.05) is 24.2 Å². The third-order valence-corrected chi connectivity index (χ3v) is 3.17. The van der Waals surface area contributed by atoms with Gasteiger partial charge in [-0.2, -0.15) is 0 Å². The molecular formula is C15H16N4OS. The van der Waals surface area contributed by atoms with E-state index in [1.54, 1.807) is 30.8 Å². The Balaban J connectivity index is 2.28. The van der Waals surface area contributed by atoms with E-state index in [9.17, 15) is 4.21 Å². The molecule has 6 heteroatoms. The van der Waals surface area contributed by atoms with Crippen molar-refractivity contribution in [3.63, 3.8) is 0 Å². The highest BCUT2D eigenvalue weighted by atomic mass is 32.2. The van der Waals surface area contributed by atoms with E-state index in [1.807, 2.05) is 19.9 Å². The average Bonchev–Trinajstić information content (AvgIpc) is 2.45. The Hall–Kier alpha value is -2.10. The summed E-state index contributed by atoms with van der Waals surface area (Å²) in [5, 5.41) is 0.307. The summed E-state index contributed by atoms with van der Waals surface area (Å²) in [6, 6.07) is 5.42. The lowest BCUT2D eigenvalue weighted by Crippen LogP contribution is -2.29. The van der Waals surface area contributed by atoms with Crippen LogP contribution in [0.5, 0.6) is 0 Å². The topological polar surface area (TPSA) is 81.8 Å². The fraction of sp³-hybridized carbons (Fsp3) is 0.267. The molecule has 0 spiro atoms. The monoisotopic (exact) mass is 300 g/mol. The molecule has 1 atom stereocenters. The maximum Gasteiger partial charge on any atom is 0.218 e. The molecule has 0 aliphatic carbocycles. The standard InChI is InChI=1S/C15H16N4OS/c1-15(2,16)8-6-12-5-4-11(10-18-12)13-7-9-17-14(19-13)21(3)20/h4-5,7,9-10H,16H2,1-3H3. The van der Waals surface area contributed by atoms with Gasteiger partial charge in [-0.15, -0.1) is 0 Å². The molecule has 2 rings (SSSR count). The molecule has 21 heavy (non-hydrogen) atoms. The van der Waals surface area contributed by atoms with Crippen LogP contribution in [0.4, 0.5) is 0 Å². The summed E-state index contributed by atoms with van der Waals surface area (Å²) in [6.45, 7) is 3.67. The minimum Gasteiger partial charge on any atom is -0.316 e. The first kappa shape index (κ1) is 15.3. The number of nitrogens with zero attached hydrogens (tertiary/aromatic N) is 3. The van der Waals surface area contributed by atoms with Crippen LogP contribution in [0.15, 0.2) is 35.7 Å². The number of aromatic nitrogens is 3. The van der Waals surface area contributed by atoms with Crippen LogP contribution < -0.4 is 5.73 Å². The zero-order valence-corrected chi connectivity index (χ0v) is 12.9. The van der Waals surface area contributed by atoms with E-state index in [2.05, 4.69) is 26.8 Å². The molecule has 2 aromatic heterocycles. The minimum absolute atomic E-state index is 0.307. The van der Waals surface area contributed by atoms with Gasteiger partial charge in [0.15, 0.2) is 0 Å². The van der Waals surface area contributed by atoms with E-state index >= 15 is 0 Å². The van der Waals surface area contributed by atoms with E-state index in [4.69, 9.17) is 5.73 Å². The molecule has 0 saturated carbocycles. The van der Waals surface area contributed by atoms with Crippen molar-refractivity contribution < 1.29 is 4.21 Å². The van der Waals surface area contributed by atoms with Crippen molar-refractivity contribution in [2.45, 2.75) is 24.5 Å². The van der Waals surface area contributed by atoms with Crippen LogP contribution in [0.1, 0.15) is 19.5 Å². The van der Waals surface area contributed by atoms with Gasteiger partial charge in [0.05, 0.1) is 22.0 Å². The minimum atomic E-state index is -1.21. The van der Waals surface area contributed by atoms with Gasteiger partial charge in [-0.05, 0) is 38.0 Å². The van der Waals surface area contributed by atoms with Gasteiger partial charge in [-0.25, -0.2) is 15.0 Å². The summed E-state index contributed by atoms with van der Waals surface area (Å²) in [6.07, 6.45) is 4.81. The van der Waals surface area contributed by atoms with Crippen molar-refractivity contribution in [1.29, 1.82) is 0 Å². The molecular weight excluding hydrogens is 284 g/mol. The molecule has 0 aliphatic rings. The van der Waals surface area contributed by atoms with Gasteiger partial charge < -0.3 is 5.73 Å². The number of pyridine rings is 1. The number of rotatable bonds is 2. The van der Waals surface area contributed by atoms with Crippen molar-refractivity contribution in [2.75, 3.05) is 6.26 Å². The average molecular weight is 300 g/mol. The molecule has 1 unspecified atom stereocenters. The van der Waals surface area contributed by atoms with Gasteiger partial charge in [-0.3, -0.25) is 4.21 Å². The summed E-state index contributed by atoms with van der Waals surface area (Å²) in [7, 11) is -1.21. The predicted octanol–water partition coefficient (Wildman–Crippen LogP) is 1.36. The van der Waals surface area contributed by atoms with Gasteiger partial charge in [0.1, 0.15) is 5.69 Å². The van der Waals surface area contributed by atoms with Crippen LogP contribution in [0.25, 0.3) is 11.3 Å². The fourth-order valence-corrected chi connectivity index (χ4v) is 1.92. The van der Waals surface area contributed by atoms with Crippen LogP contribution in [0.2, 0.25) is 0 Å². The number of hydrogen-bond donors (Lipinski definition) is 1. The van der Waals surface area contributed by atoms with Crippen molar-refractivity contribution in [2.24, 2.45) is 5.73 Å². The molecule has 0 radical (unpaired) electrons. The third kappa shape index (κ3) is 4.45. The Kier molecular flexibility index (Phi) is 4.46. The first-order chi connectivity index (χ1) is 9.85. The van der Waals surface area contributed by atoms with Crippen LogP contribution in [0.3, 0.4) is 0 Å². The molecule has 2 heterocycles. The van der Waals surface area contributed by atoms with Crippen LogP contribution in [-0.2, 0) is 10.8 Å². The first-order valence-electron chi connectivity index (χ1n) is 6.30. The fourth-order valence-electron chi connectivity index (χ4n) is 1.48. The summed E-state index contributed by atoms with van der Waals surface area (Å²) in [5.74, 6) is 5.85. The summed E-state index contributed by atoms with van der Waals surface area (Å²) in [4.78, 5) is 12.5. The van der Waals surface area contributed by atoms with Crippen LogP contribution >= 0.6 is 0 Å². The lowest BCUT2D eigenvalue weighted by atomic mass is 10.1. The van der Waals surface area contributed by atoms with Gasteiger partial charge in [0.2, 0.25) is 5.16 Å². The number of hydrogen-bond acceptors (Lipinski definition) is 5. The maximum absolute atomic E-state index is 11.4. The SMILES string of the molecule is CS(=O)c1nccc(-c2ccc(C#CC(C)(C)N)nc2)n1. The van der Waals surface area contributed by atoms with E-state index in [1.165, 1.54) is 0 Å². The second kappa shape index (κ2) is 6.12. The quantitative estimate of drug-likeness (QED) is 0.669. The van der Waals surface area contributed by atoms with Crippen LogP contribution in [-0.4, -0.2) is 31.0 Å². The summed E-state index contributed by atoms with van der Waals surface area (Å²) < 4.78 is 11.4. The number of nitrogens with two attached hydrogens (primary N) is 1. The Morgan fingerprint density at radius 1 is 1.24 bits per heavy atom. The third-order valence-electron chi connectivity index (χ3n) is 2.46. The molecule has 0 fully saturated rings. The van der Waals surface area contributed by atoms with E-state index < -0.39 is 16.3 Å². The lowest BCUT2D eigenvalue weighted by Gasteiger charge is -2.07. The second-order valence-corrected chi connectivity index (χ2v) is 6.36. The highest BCUT2D eigenvalue weighted by Crippen LogP contribution is 2.16. The normalized spacial score (nSPS) is 12.4. The summed E-state index contributed by atoms with van der Waals surface area (Å²) >= 11 is 0. The Morgan fingerprint density at radius 2 is 2.00 bits per heavy atom. The molecule has 5 nitrogen and oxygen atoms in total. The summed E-state index contributed by atoms with van der Waals surface area (Å²) in [5.41, 5.74) is 7.40. The molecule has 2 N–H and O–H groups in total. The largest absolute Gasteiger partial charge is 0.316 e. The molecule has 108 valence electrons. The zero-order valence-electron chi connectivity index (χ0n) is 12.1. The van der Waals surface area contributed by atoms with Crippen LogP contribution in [0, 0.1) is 11.8 Å². The zero-order chi connectivity index (χ0) is 15.5. The molecule has 2 aromatic rings. The second-order valence-electron chi connectivity index (χ2n) is 5.08. The maximum atomic E-state index is 11.4. The molecule has 0 aromatic carbocycles. The Labute approximate surface area is 126 Å². The van der Waals surface area contributed by atoms with E-state index in [0.29, 0.717) is 16.5 Å². The molecule has 0 amide bonds. The lowest BCUT2D eigenvalue weighted by molar-refractivity contribution is 0.679. The molecule has 0 saturated heterocycles. The highest BCUT2D eigenvalue weighted by Gasteiger charge is 2.06. The van der Waals surface area contributed by atoms with E-state index in [0.717, 1.165) is 5.56 Å². The Morgan fingerprint density at radius 3 is 2.57 bits per heavy atom.